The molecule has 1 saturated carbocycles. The second kappa shape index (κ2) is 8.26. The summed E-state index contributed by atoms with van der Waals surface area (Å²) in [5, 5.41) is 0. The monoisotopic (exact) mass is 300 g/mol. The van der Waals surface area contributed by atoms with Gasteiger partial charge in [-0.05, 0) is 43.1 Å². The molecule has 120 valence electrons. The molecule has 1 aliphatic rings. The molecular formula is C20H28O2. The average molecular weight is 300 g/mol. The van der Waals surface area contributed by atoms with Crippen LogP contribution in [0.3, 0.4) is 0 Å². The van der Waals surface area contributed by atoms with Gasteiger partial charge in [0.15, 0.2) is 5.78 Å². The van der Waals surface area contributed by atoms with Crippen molar-refractivity contribution >= 4 is 11.6 Å². The number of hydrogen-bond donors (Lipinski definition) is 0. The van der Waals surface area contributed by atoms with E-state index in [0.29, 0.717) is 17.9 Å². The molecule has 0 heterocycles. The predicted molar refractivity (Wildman–Crippen MR) is 90.3 cm³/mol. The van der Waals surface area contributed by atoms with E-state index in [0.717, 1.165) is 5.92 Å². The second-order valence-electron chi connectivity index (χ2n) is 6.62. The van der Waals surface area contributed by atoms with Crippen LogP contribution in [-0.2, 0) is 4.79 Å². The number of carbonyl (C=O) groups excluding carboxylic acids is 2. The van der Waals surface area contributed by atoms with E-state index in [2.05, 4.69) is 19.1 Å². The van der Waals surface area contributed by atoms with Gasteiger partial charge in [0.25, 0.3) is 0 Å². The van der Waals surface area contributed by atoms with Gasteiger partial charge in [-0.25, -0.2) is 0 Å². The molecule has 0 aromatic heterocycles. The van der Waals surface area contributed by atoms with Gasteiger partial charge in [-0.1, -0.05) is 51.0 Å². The van der Waals surface area contributed by atoms with E-state index < -0.39 is 0 Å². The first-order chi connectivity index (χ1) is 10.6. The molecule has 0 saturated heterocycles. The number of ketones is 2. The lowest BCUT2D eigenvalue weighted by molar-refractivity contribution is -0.117. The summed E-state index contributed by atoms with van der Waals surface area (Å²) < 4.78 is 0. The van der Waals surface area contributed by atoms with Crippen molar-refractivity contribution < 1.29 is 9.59 Å². The van der Waals surface area contributed by atoms with Gasteiger partial charge >= 0.3 is 0 Å². The lowest BCUT2D eigenvalue weighted by atomic mass is 9.77. The maximum absolute atomic E-state index is 12.0. The Morgan fingerprint density at radius 3 is 2.18 bits per heavy atom. The minimum atomic E-state index is -0.0509. The summed E-state index contributed by atoms with van der Waals surface area (Å²) in [6.45, 7) is 4.07. The standard InChI is InChI=1S/C20H28O2/c1-3-5-15-6-8-16(9-7-15)17-10-12-18(13-11-17)20(22)14-19(21)4-2/h10-13,15-16H,3-9,14H2,1-2H3. The van der Waals surface area contributed by atoms with E-state index in [1.807, 2.05) is 12.1 Å². The van der Waals surface area contributed by atoms with Crippen molar-refractivity contribution in [3.05, 3.63) is 35.4 Å². The van der Waals surface area contributed by atoms with E-state index in [1.54, 1.807) is 6.92 Å². The van der Waals surface area contributed by atoms with Crippen LogP contribution in [0.1, 0.15) is 87.1 Å². The molecule has 0 amide bonds. The van der Waals surface area contributed by atoms with Crippen molar-refractivity contribution in [1.82, 2.24) is 0 Å². The minimum absolute atomic E-state index is 0.0170. The van der Waals surface area contributed by atoms with E-state index in [-0.39, 0.29) is 18.0 Å². The van der Waals surface area contributed by atoms with E-state index >= 15 is 0 Å². The molecule has 1 aromatic rings. The lowest BCUT2D eigenvalue weighted by Gasteiger charge is -2.28. The van der Waals surface area contributed by atoms with Gasteiger partial charge in [-0.3, -0.25) is 9.59 Å². The molecule has 1 aromatic carbocycles. The summed E-state index contributed by atoms with van der Waals surface area (Å²) in [4.78, 5) is 23.4. The van der Waals surface area contributed by atoms with Crippen LogP contribution in [0.25, 0.3) is 0 Å². The molecule has 0 bridgehead atoms. The number of rotatable bonds is 7. The van der Waals surface area contributed by atoms with Gasteiger partial charge in [0.2, 0.25) is 0 Å². The SMILES string of the molecule is CCCC1CCC(c2ccc(C(=O)CC(=O)CC)cc2)CC1. The zero-order valence-corrected chi connectivity index (χ0v) is 13.9. The third-order valence-electron chi connectivity index (χ3n) is 5.00. The fraction of sp³-hybridized carbons (Fsp3) is 0.600. The summed E-state index contributed by atoms with van der Waals surface area (Å²) in [5.74, 6) is 1.53. The maximum atomic E-state index is 12.0. The zero-order chi connectivity index (χ0) is 15.9. The van der Waals surface area contributed by atoms with Crippen molar-refractivity contribution in [2.24, 2.45) is 5.92 Å². The van der Waals surface area contributed by atoms with Gasteiger partial charge in [-0.15, -0.1) is 0 Å². The third-order valence-corrected chi connectivity index (χ3v) is 5.00. The molecule has 0 atom stereocenters. The Labute approximate surface area is 134 Å². The first kappa shape index (κ1) is 16.9. The smallest absolute Gasteiger partial charge is 0.170 e. The molecule has 0 radical (unpaired) electrons. The van der Waals surface area contributed by atoms with Gasteiger partial charge in [0.1, 0.15) is 5.78 Å². The fourth-order valence-corrected chi connectivity index (χ4v) is 3.54. The first-order valence-electron chi connectivity index (χ1n) is 8.78. The zero-order valence-electron chi connectivity index (χ0n) is 13.9. The largest absolute Gasteiger partial charge is 0.299 e. The predicted octanol–water partition coefficient (Wildman–Crippen LogP) is 5.31. The highest BCUT2D eigenvalue weighted by Gasteiger charge is 2.22. The van der Waals surface area contributed by atoms with Crippen molar-refractivity contribution in [3.63, 3.8) is 0 Å². The minimum Gasteiger partial charge on any atom is -0.299 e. The molecular weight excluding hydrogens is 272 g/mol. The molecule has 1 fully saturated rings. The van der Waals surface area contributed by atoms with Gasteiger partial charge in [-0.2, -0.15) is 0 Å². The molecule has 22 heavy (non-hydrogen) atoms. The Morgan fingerprint density at radius 1 is 1.00 bits per heavy atom. The summed E-state index contributed by atoms with van der Waals surface area (Å²) in [6, 6.07) is 7.99. The molecule has 2 heteroatoms. The highest BCUT2D eigenvalue weighted by Crippen LogP contribution is 2.37. The molecule has 0 unspecified atom stereocenters. The van der Waals surface area contributed by atoms with Crippen molar-refractivity contribution in [2.45, 2.75) is 71.1 Å². The van der Waals surface area contributed by atoms with Crippen LogP contribution in [0.15, 0.2) is 24.3 Å². The highest BCUT2D eigenvalue weighted by atomic mass is 16.1. The van der Waals surface area contributed by atoms with Gasteiger partial charge in [0.05, 0.1) is 6.42 Å². The van der Waals surface area contributed by atoms with Crippen LogP contribution in [0, 0.1) is 5.92 Å². The molecule has 2 nitrogen and oxygen atoms in total. The van der Waals surface area contributed by atoms with Crippen LogP contribution in [0.5, 0.6) is 0 Å². The van der Waals surface area contributed by atoms with Crippen molar-refractivity contribution in [1.29, 1.82) is 0 Å². The van der Waals surface area contributed by atoms with Gasteiger partial charge < -0.3 is 0 Å². The van der Waals surface area contributed by atoms with Crippen molar-refractivity contribution in [2.75, 3.05) is 0 Å². The molecule has 1 aliphatic carbocycles. The van der Waals surface area contributed by atoms with Crippen LogP contribution >= 0.6 is 0 Å². The summed E-state index contributed by atoms with van der Waals surface area (Å²) in [6.07, 6.45) is 8.35. The summed E-state index contributed by atoms with van der Waals surface area (Å²) >= 11 is 0. The summed E-state index contributed by atoms with van der Waals surface area (Å²) in [5.41, 5.74) is 2.03. The lowest BCUT2D eigenvalue weighted by Crippen LogP contribution is -2.13. The van der Waals surface area contributed by atoms with Crippen LogP contribution in [0.4, 0.5) is 0 Å². The Hall–Kier alpha value is -1.44. The number of carbonyl (C=O) groups is 2. The Morgan fingerprint density at radius 2 is 1.64 bits per heavy atom. The third kappa shape index (κ3) is 4.53. The van der Waals surface area contributed by atoms with E-state index in [4.69, 9.17) is 0 Å². The molecule has 2 rings (SSSR count). The summed E-state index contributed by atoms with van der Waals surface area (Å²) in [7, 11) is 0. The number of Topliss-reactive ketones (excluding diaryl/α,β-unsaturated/α-hetero) is 2. The van der Waals surface area contributed by atoms with Crippen LogP contribution in [-0.4, -0.2) is 11.6 Å². The Bertz CT molecular complexity index is 493. The fourth-order valence-electron chi connectivity index (χ4n) is 3.54. The van der Waals surface area contributed by atoms with Gasteiger partial charge in [0, 0.05) is 12.0 Å². The molecule has 0 N–H and O–H groups in total. The molecule has 0 aliphatic heterocycles. The quantitative estimate of drug-likeness (QED) is 0.505. The van der Waals surface area contributed by atoms with E-state index in [1.165, 1.54) is 44.1 Å². The van der Waals surface area contributed by atoms with E-state index in [9.17, 15) is 9.59 Å². The second-order valence-corrected chi connectivity index (χ2v) is 6.62. The van der Waals surface area contributed by atoms with Crippen LogP contribution < -0.4 is 0 Å². The highest BCUT2D eigenvalue weighted by molar-refractivity contribution is 6.07. The Kier molecular flexibility index (Phi) is 6.35. The number of benzene rings is 1. The first-order valence-corrected chi connectivity index (χ1v) is 8.78. The van der Waals surface area contributed by atoms with Crippen molar-refractivity contribution in [3.8, 4) is 0 Å². The topological polar surface area (TPSA) is 34.1 Å². The molecule has 0 spiro atoms. The number of hydrogen-bond acceptors (Lipinski definition) is 2. The normalized spacial score (nSPS) is 21.5. The Balaban J connectivity index is 1.92. The van der Waals surface area contributed by atoms with Crippen LogP contribution in [0.2, 0.25) is 0 Å². The average Bonchev–Trinajstić information content (AvgIpc) is 2.56. The maximum Gasteiger partial charge on any atom is 0.170 e.